The van der Waals surface area contributed by atoms with Gasteiger partial charge in [-0.25, -0.2) is 0 Å². The molecule has 0 saturated carbocycles. The quantitative estimate of drug-likeness (QED) is 0.592. The van der Waals surface area contributed by atoms with Gasteiger partial charge < -0.3 is 28.9 Å². The summed E-state index contributed by atoms with van der Waals surface area (Å²) >= 11 is 0. The van der Waals surface area contributed by atoms with E-state index in [4.69, 9.17) is 14.2 Å². The standard InChI is InChI=1S/C26H34N6O4/c33-26(17-20-3-4-22-23(16-20)36-19-35-22)32-13-11-31(12-14-32)25-6-5-24(27-28-25)30-9-7-29(8-10-30)18-21-2-1-15-34-21/h3-6,16,21H,1-2,7-15,17-19H2. The van der Waals surface area contributed by atoms with E-state index < -0.39 is 0 Å². The largest absolute Gasteiger partial charge is 0.454 e. The molecule has 192 valence electrons. The van der Waals surface area contributed by atoms with Gasteiger partial charge in [0, 0.05) is 65.5 Å². The summed E-state index contributed by atoms with van der Waals surface area (Å²) in [6.07, 6.45) is 3.16. The molecule has 10 nitrogen and oxygen atoms in total. The SMILES string of the molecule is O=C(Cc1ccc2c(c1)OCO2)N1CCN(c2ccc(N3CCN(CC4CCCO4)CC3)nn2)CC1. The predicted molar refractivity (Wildman–Crippen MR) is 135 cm³/mol. The Morgan fingerprint density at radius 2 is 1.56 bits per heavy atom. The number of aromatic nitrogens is 2. The number of hydrogen-bond acceptors (Lipinski definition) is 9. The van der Waals surface area contributed by atoms with Gasteiger partial charge in [0.25, 0.3) is 0 Å². The Morgan fingerprint density at radius 3 is 2.22 bits per heavy atom. The monoisotopic (exact) mass is 494 g/mol. The highest BCUT2D eigenvalue weighted by molar-refractivity contribution is 5.79. The second kappa shape index (κ2) is 10.5. The molecular weight excluding hydrogens is 460 g/mol. The molecular formula is C26H34N6O4. The number of amides is 1. The Balaban J connectivity index is 0.965. The summed E-state index contributed by atoms with van der Waals surface area (Å²) in [5, 5.41) is 9.05. The zero-order valence-corrected chi connectivity index (χ0v) is 20.7. The van der Waals surface area contributed by atoms with Crippen molar-refractivity contribution >= 4 is 17.5 Å². The van der Waals surface area contributed by atoms with Gasteiger partial charge in [0.05, 0.1) is 12.5 Å². The van der Waals surface area contributed by atoms with Crippen LogP contribution in [0.3, 0.4) is 0 Å². The van der Waals surface area contributed by atoms with Gasteiger partial charge in [-0.1, -0.05) is 6.07 Å². The maximum atomic E-state index is 12.8. The molecule has 1 amide bonds. The highest BCUT2D eigenvalue weighted by Crippen LogP contribution is 2.32. The number of ether oxygens (including phenoxy) is 3. The Kier molecular flexibility index (Phi) is 6.78. The molecule has 5 heterocycles. The summed E-state index contributed by atoms with van der Waals surface area (Å²) in [6.45, 7) is 9.06. The lowest BCUT2D eigenvalue weighted by molar-refractivity contribution is -0.130. The van der Waals surface area contributed by atoms with Crippen molar-refractivity contribution < 1.29 is 19.0 Å². The zero-order valence-electron chi connectivity index (χ0n) is 20.7. The number of rotatable bonds is 6. The maximum Gasteiger partial charge on any atom is 0.231 e. The number of carbonyl (C=O) groups is 1. The Bertz CT molecular complexity index is 1040. The molecule has 0 spiro atoms. The molecule has 10 heteroatoms. The first-order valence-corrected chi connectivity index (χ1v) is 13.1. The molecule has 0 aliphatic carbocycles. The molecule has 6 rings (SSSR count). The molecule has 0 N–H and O–H groups in total. The van der Waals surface area contributed by atoms with E-state index in [2.05, 4.69) is 37.0 Å². The van der Waals surface area contributed by atoms with Gasteiger partial charge >= 0.3 is 0 Å². The minimum Gasteiger partial charge on any atom is -0.454 e. The molecule has 1 aromatic carbocycles. The van der Waals surface area contributed by atoms with Crippen LogP contribution in [0.5, 0.6) is 11.5 Å². The third kappa shape index (κ3) is 5.19. The predicted octanol–water partition coefficient (Wildman–Crippen LogP) is 1.40. The molecule has 0 radical (unpaired) electrons. The summed E-state index contributed by atoms with van der Waals surface area (Å²) in [6, 6.07) is 9.84. The lowest BCUT2D eigenvalue weighted by Crippen LogP contribution is -2.49. The van der Waals surface area contributed by atoms with Crippen LogP contribution in [-0.2, 0) is 16.0 Å². The van der Waals surface area contributed by atoms with E-state index in [0.717, 1.165) is 75.4 Å². The van der Waals surface area contributed by atoms with Crippen molar-refractivity contribution in [1.82, 2.24) is 20.0 Å². The van der Waals surface area contributed by atoms with Gasteiger partial charge in [0.1, 0.15) is 0 Å². The average molecular weight is 495 g/mol. The van der Waals surface area contributed by atoms with Gasteiger partial charge in [-0.05, 0) is 42.7 Å². The van der Waals surface area contributed by atoms with Crippen LogP contribution in [0.15, 0.2) is 30.3 Å². The number of hydrogen-bond donors (Lipinski definition) is 0. The van der Waals surface area contributed by atoms with Crippen molar-refractivity contribution in [1.29, 1.82) is 0 Å². The van der Waals surface area contributed by atoms with Crippen LogP contribution in [-0.4, -0.2) is 104 Å². The second-order valence-electron chi connectivity index (χ2n) is 9.90. The van der Waals surface area contributed by atoms with Crippen LogP contribution < -0.4 is 19.3 Å². The van der Waals surface area contributed by atoms with Crippen LogP contribution >= 0.6 is 0 Å². The van der Waals surface area contributed by atoms with E-state index in [0.29, 0.717) is 31.4 Å². The molecule has 4 aliphatic rings. The van der Waals surface area contributed by atoms with E-state index in [1.807, 2.05) is 23.1 Å². The van der Waals surface area contributed by atoms with E-state index >= 15 is 0 Å². The van der Waals surface area contributed by atoms with Gasteiger partial charge in [0.15, 0.2) is 23.1 Å². The van der Waals surface area contributed by atoms with Crippen LogP contribution in [0.4, 0.5) is 11.6 Å². The summed E-state index contributed by atoms with van der Waals surface area (Å²) in [5.41, 5.74) is 0.945. The summed E-state index contributed by atoms with van der Waals surface area (Å²) in [5.74, 6) is 3.40. The lowest BCUT2D eigenvalue weighted by Gasteiger charge is -2.37. The first kappa shape index (κ1) is 23.3. The van der Waals surface area contributed by atoms with Gasteiger partial charge in [-0.2, -0.15) is 0 Å². The van der Waals surface area contributed by atoms with Crippen molar-refractivity contribution in [3.05, 3.63) is 35.9 Å². The summed E-state index contributed by atoms with van der Waals surface area (Å²) < 4.78 is 16.6. The third-order valence-corrected chi connectivity index (χ3v) is 7.57. The van der Waals surface area contributed by atoms with Gasteiger partial charge in [-0.3, -0.25) is 9.69 Å². The first-order valence-electron chi connectivity index (χ1n) is 13.1. The normalized spacial score (nSPS) is 22.3. The summed E-state index contributed by atoms with van der Waals surface area (Å²) in [4.78, 5) is 21.8. The fraction of sp³-hybridized carbons (Fsp3) is 0.577. The van der Waals surface area contributed by atoms with Crippen molar-refractivity contribution in [3.63, 3.8) is 0 Å². The van der Waals surface area contributed by atoms with Crippen molar-refractivity contribution in [2.75, 3.05) is 82.1 Å². The Hall–Kier alpha value is -3.11. The van der Waals surface area contributed by atoms with Crippen molar-refractivity contribution in [2.45, 2.75) is 25.4 Å². The van der Waals surface area contributed by atoms with Gasteiger partial charge in [-0.15, -0.1) is 10.2 Å². The van der Waals surface area contributed by atoms with E-state index in [-0.39, 0.29) is 12.7 Å². The van der Waals surface area contributed by atoms with E-state index in [1.165, 1.54) is 12.8 Å². The molecule has 1 unspecified atom stereocenters. The Morgan fingerprint density at radius 1 is 0.861 bits per heavy atom. The Labute approximate surface area is 211 Å². The molecule has 3 saturated heterocycles. The van der Waals surface area contributed by atoms with Gasteiger partial charge in [0.2, 0.25) is 12.7 Å². The zero-order chi connectivity index (χ0) is 24.3. The summed E-state index contributed by atoms with van der Waals surface area (Å²) in [7, 11) is 0. The maximum absolute atomic E-state index is 12.8. The molecule has 2 aromatic rings. The third-order valence-electron chi connectivity index (χ3n) is 7.57. The van der Waals surface area contributed by atoms with E-state index in [9.17, 15) is 4.79 Å². The van der Waals surface area contributed by atoms with Crippen LogP contribution in [0.1, 0.15) is 18.4 Å². The minimum atomic E-state index is 0.133. The first-order chi connectivity index (χ1) is 17.7. The second-order valence-corrected chi connectivity index (χ2v) is 9.90. The molecule has 1 aromatic heterocycles. The van der Waals surface area contributed by atoms with Crippen LogP contribution in [0.2, 0.25) is 0 Å². The highest BCUT2D eigenvalue weighted by atomic mass is 16.7. The number of fused-ring (bicyclic) bond motifs is 1. The molecule has 0 bridgehead atoms. The smallest absolute Gasteiger partial charge is 0.231 e. The number of benzene rings is 1. The number of carbonyl (C=O) groups excluding carboxylic acids is 1. The fourth-order valence-electron chi connectivity index (χ4n) is 5.41. The van der Waals surface area contributed by atoms with Crippen molar-refractivity contribution in [2.24, 2.45) is 0 Å². The molecule has 4 aliphatic heterocycles. The molecule has 36 heavy (non-hydrogen) atoms. The lowest BCUT2D eigenvalue weighted by atomic mass is 10.1. The molecule has 1 atom stereocenters. The average Bonchev–Trinajstić information content (AvgIpc) is 3.61. The highest BCUT2D eigenvalue weighted by Gasteiger charge is 2.25. The number of anilines is 2. The van der Waals surface area contributed by atoms with E-state index in [1.54, 1.807) is 0 Å². The molecule has 3 fully saturated rings. The fourth-order valence-corrected chi connectivity index (χ4v) is 5.41. The number of piperazine rings is 2. The van der Waals surface area contributed by atoms with Crippen LogP contribution in [0.25, 0.3) is 0 Å². The number of nitrogens with zero attached hydrogens (tertiary/aromatic N) is 6. The van der Waals surface area contributed by atoms with Crippen LogP contribution in [0, 0.1) is 0 Å². The van der Waals surface area contributed by atoms with Crippen molar-refractivity contribution in [3.8, 4) is 11.5 Å². The minimum absolute atomic E-state index is 0.133. The topological polar surface area (TPSA) is 83.5 Å².